The molecule has 0 aliphatic carbocycles. The molecule has 2 aromatic carbocycles. The number of amides is 1. The Balaban J connectivity index is 1.55. The molecule has 208 valence electrons. The van der Waals surface area contributed by atoms with E-state index in [1.54, 1.807) is 37.5 Å². The number of hydrogen-bond acceptors (Lipinski definition) is 9. The molecule has 1 amide bonds. The fourth-order valence-corrected chi connectivity index (χ4v) is 4.29. The third-order valence-corrected chi connectivity index (χ3v) is 6.56. The van der Waals surface area contributed by atoms with Crippen LogP contribution in [0.15, 0.2) is 42.6 Å². The van der Waals surface area contributed by atoms with Gasteiger partial charge in [0, 0.05) is 51.1 Å². The fraction of sp³-hybridized carbons (Fsp3) is 0.393. The number of methoxy groups -OCH3 is 1. The summed E-state index contributed by atoms with van der Waals surface area (Å²) in [7, 11) is 3.18. The van der Waals surface area contributed by atoms with E-state index in [4.69, 9.17) is 25.9 Å². The quantitative estimate of drug-likeness (QED) is 0.331. The zero-order valence-corrected chi connectivity index (χ0v) is 23.7. The molecule has 1 saturated heterocycles. The number of halogens is 1. The number of benzene rings is 2. The van der Waals surface area contributed by atoms with Crippen LogP contribution in [0.5, 0.6) is 23.1 Å². The largest absolute Gasteiger partial charge is 0.491 e. The second-order valence-electron chi connectivity index (χ2n) is 10.2. The number of piperazine rings is 1. The van der Waals surface area contributed by atoms with Gasteiger partial charge in [0.15, 0.2) is 11.5 Å². The van der Waals surface area contributed by atoms with Crippen LogP contribution < -0.4 is 30.4 Å². The van der Waals surface area contributed by atoms with Crippen molar-refractivity contribution in [2.45, 2.75) is 32.7 Å². The maximum atomic E-state index is 13.3. The van der Waals surface area contributed by atoms with Crippen molar-refractivity contribution >= 4 is 23.2 Å². The van der Waals surface area contributed by atoms with Gasteiger partial charge in [-0.25, -0.2) is 4.98 Å². The van der Waals surface area contributed by atoms with Gasteiger partial charge in [-0.3, -0.25) is 9.69 Å². The highest BCUT2D eigenvalue weighted by Gasteiger charge is 2.22. The molecule has 0 bridgehead atoms. The Morgan fingerprint density at radius 3 is 2.59 bits per heavy atom. The van der Waals surface area contributed by atoms with Crippen LogP contribution in [0.25, 0.3) is 0 Å². The Kier molecular flexibility index (Phi) is 9.24. The van der Waals surface area contributed by atoms with E-state index in [0.717, 1.165) is 31.7 Å². The molecule has 0 atom stereocenters. The van der Waals surface area contributed by atoms with E-state index in [0.29, 0.717) is 51.8 Å². The highest BCUT2D eigenvalue weighted by Crippen LogP contribution is 2.40. The Hall–Kier alpha value is -3.44. The summed E-state index contributed by atoms with van der Waals surface area (Å²) in [5, 5.41) is 6.63. The maximum Gasteiger partial charge on any atom is 0.255 e. The minimum Gasteiger partial charge on any atom is -0.491 e. The highest BCUT2D eigenvalue weighted by molar-refractivity contribution is 6.32. The molecule has 0 radical (unpaired) electrons. The summed E-state index contributed by atoms with van der Waals surface area (Å²) in [6, 6.07) is 10.3. The van der Waals surface area contributed by atoms with Crippen molar-refractivity contribution in [1.82, 2.24) is 25.7 Å². The highest BCUT2D eigenvalue weighted by atomic mass is 35.5. The molecule has 1 aromatic heterocycles. The number of aromatic nitrogens is 2. The molecular weight excluding hydrogens is 520 g/mol. The van der Waals surface area contributed by atoms with E-state index in [2.05, 4.69) is 51.8 Å². The predicted octanol–water partition coefficient (Wildman–Crippen LogP) is 4.40. The summed E-state index contributed by atoms with van der Waals surface area (Å²) >= 11 is 6.42. The first-order valence-electron chi connectivity index (χ1n) is 12.8. The number of carbonyl (C=O) groups is 1. The standard InChI is InChI=1S/C28H35ClN6O4/c1-28(2,3)19-15-21(26(37-5)23(16-19)39-30-4)33-27(36)18-6-7-20(29)22(14-18)38-25-8-9-32-24(34-25)17-35-12-10-31-11-13-35/h6-9,14-16,30-31H,10-13,17H2,1-5H3,(H,33,36). The number of nitrogens with one attached hydrogen (secondary N) is 3. The first kappa shape index (κ1) is 28.6. The lowest BCUT2D eigenvalue weighted by molar-refractivity contribution is 0.102. The maximum absolute atomic E-state index is 13.3. The number of rotatable bonds is 9. The van der Waals surface area contributed by atoms with Gasteiger partial charge in [-0.1, -0.05) is 32.4 Å². The molecule has 1 aliphatic rings. The Morgan fingerprint density at radius 2 is 1.90 bits per heavy atom. The van der Waals surface area contributed by atoms with E-state index in [1.165, 1.54) is 7.11 Å². The first-order valence-corrected chi connectivity index (χ1v) is 13.2. The topological polar surface area (TPSA) is 110 Å². The Labute approximate surface area is 234 Å². The SMILES string of the molecule is CNOc1cc(C(C)(C)C)cc(NC(=O)c2ccc(Cl)c(Oc3ccnc(CN4CCNCC4)n3)c2)c1OC. The Morgan fingerprint density at radius 1 is 1.13 bits per heavy atom. The average Bonchev–Trinajstić information content (AvgIpc) is 2.90. The molecule has 2 heterocycles. The molecule has 4 rings (SSSR count). The van der Waals surface area contributed by atoms with Crippen molar-refractivity contribution in [2.75, 3.05) is 45.7 Å². The molecule has 1 aliphatic heterocycles. The van der Waals surface area contributed by atoms with E-state index in [1.807, 2.05) is 12.1 Å². The van der Waals surface area contributed by atoms with Crippen LogP contribution in [0.4, 0.5) is 5.69 Å². The molecular formula is C28H35ClN6O4. The van der Waals surface area contributed by atoms with Crippen molar-refractivity contribution in [3.8, 4) is 23.1 Å². The summed E-state index contributed by atoms with van der Waals surface area (Å²) < 4.78 is 11.6. The van der Waals surface area contributed by atoms with E-state index < -0.39 is 0 Å². The van der Waals surface area contributed by atoms with Crippen molar-refractivity contribution in [3.05, 3.63) is 64.6 Å². The predicted molar refractivity (Wildman–Crippen MR) is 151 cm³/mol. The minimum absolute atomic E-state index is 0.194. The summed E-state index contributed by atoms with van der Waals surface area (Å²) in [4.78, 5) is 30.1. The smallest absolute Gasteiger partial charge is 0.255 e. The normalized spacial score (nSPS) is 14.1. The third kappa shape index (κ3) is 7.36. The van der Waals surface area contributed by atoms with E-state index in [-0.39, 0.29) is 11.3 Å². The van der Waals surface area contributed by atoms with Gasteiger partial charge in [-0.05, 0) is 41.3 Å². The summed E-state index contributed by atoms with van der Waals surface area (Å²) in [6.07, 6.45) is 1.66. The average molecular weight is 555 g/mol. The van der Waals surface area contributed by atoms with Crippen molar-refractivity contribution < 1.29 is 19.1 Å². The number of hydrogen-bond donors (Lipinski definition) is 3. The lowest BCUT2D eigenvalue weighted by Crippen LogP contribution is -2.43. The Bertz CT molecular complexity index is 1310. The van der Waals surface area contributed by atoms with Crippen LogP contribution in [-0.2, 0) is 12.0 Å². The van der Waals surface area contributed by atoms with Gasteiger partial charge in [0.2, 0.25) is 5.88 Å². The van der Waals surface area contributed by atoms with Gasteiger partial charge < -0.3 is 24.9 Å². The van der Waals surface area contributed by atoms with Crippen LogP contribution in [0, 0.1) is 0 Å². The zero-order valence-electron chi connectivity index (χ0n) is 22.9. The third-order valence-electron chi connectivity index (χ3n) is 6.25. The second kappa shape index (κ2) is 12.6. The van der Waals surface area contributed by atoms with Crippen molar-refractivity contribution in [3.63, 3.8) is 0 Å². The van der Waals surface area contributed by atoms with Gasteiger partial charge in [-0.2, -0.15) is 10.5 Å². The van der Waals surface area contributed by atoms with Gasteiger partial charge >= 0.3 is 0 Å². The number of hydroxylamine groups is 1. The summed E-state index contributed by atoms with van der Waals surface area (Å²) in [5.41, 5.74) is 4.27. The first-order chi connectivity index (χ1) is 18.7. The lowest BCUT2D eigenvalue weighted by Gasteiger charge is -2.26. The van der Waals surface area contributed by atoms with Crippen LogP contribution in [0.2, 0.25) is 5.02 Å². The minimum atomic E-state index is -0.363. The lowest BCUT2D eigenvalue weighted by atomic mass is 9.86. The van der Waals surface area contributed by atoms with Crippen LogP contribution >= 0.6 is 11.6 Å². The van der Waals surface area contributed by atoms with Crippen LogP contribution in [0.1, 0.15) is 42.5 Å². The van der Waals surface area contributed by atoms with Gasteiger partial charge in [0.1, 0.15) is 11.6 Å². The van der Waals surface area contributed by atoms with Crippen LogP contribution in [0.3, 0.4) is 0 Å². The fourth-order valence-electron chi connectivity index (χ4n) is 4.14. The van der Waals surface area contributed by atoms with E-state index >= 15 is 0 Å². The molecule has 11 heteroatoms. The van der Waals surface area contributed by atoms with Gasteiger partial charge in [0.25, 0.3) is 5.91 Å². The second-order valence-corrected chi connectivity index (χ2v) is 10.6. The molecule has 3 aromatic rings. The number of anilines is 1. The van der Waals surface area contributed by atoms with E-state index in [9.17, 15) is 4.79 Å². The number of nitrogens with zero attached hydrogens (tertiary/aromatic N) is 3. The van der Waals surface area contributed by atoms with Crippen molar-refractivity contribution in [2.24, 2.45) is 0 Å². The van der Waals surface area contributed by atoms with Gasteiger partial charge in [-0.15, -0.1) is 0 Å². The molecule has 3 N–H and O–H groups in total. The van der Waals surface area contributed by atoms with Crippen LogP contribution in [-0.4, -0.2) is 61.1 Å². The molecule has 39 heavy (non-hydrogen) atoms. The number of carbonyl (C=O) groups excluding carboxylic acids is 1. The monoisotopic (exact) mass is 554 g/mol. The molecule has 1 fully saturated rings. The molecule has 0 spiro atoms. The summed E-state index contributed by atoms with van der Waals surface area (Å²) in [5.74, 6) is 1.81. The van der Waals surface area contributed by atoms with Gasteiger partial charge in [0.05, 0.1) is 24.4 Å². The van der Waals surface area contributed by atoms with Crippen molar-refractivity contribution in [1.29, 1.82) is 0 Å². The summed E-state index contributed by atoms with van der Waals surface area (Å²) in [6.45, 7) is 10.6. The number of ether oxygens (including phenoxy) is 2. The zero-order chi connectivity index (χ0) is 28.0. The molecule has 0 unspecified atom stereocenters. The molecule has 0 saturated carbocycles. The molecule has 10 nitrogen and oxygen atoms in total.